The lowest BCUT2D eigenvalue weighted by Crippen LogP contribution is -2.49. The van der Waals surface area contributed by atoms with Gasteiger partial charge < -0.3 is 4.90 Å². The van der Waals surface area contributed by atoms with Crippen LogP contribution in [0.15, 0.2) is 34.1 Å². The largest absolute Gasteiger partial charge is 0.340 e. The van der Waals surface area contributed by atoms with Crippen LogP contribution in [-0.4, -0.2) is 46.9 Å². The highest BCUT2D eigenvalue weighted by molar-refractivity contribution is 9.10. The van der Waals surface area contributed by atoms with Gasteiger partial charge in [-0.1, -0.05) is 41.9 Å². The van der Waals surface area contributed by atoms with Crippen molar-refractivity contribution >= 4 is 33.2 Å². The predicted molar refractivity (Wildman–Crippen MR) is 102 cm³/mol. The molecule has 1 aromatic heterocycles. The minimum absolute atomic E-state index is 0.0860. The summed E-state index contributed by atoms with van der Waals surface area (Å²) in [6.07, 6.45) is 0. The van der Waals surface area contributed by atoms with E-state index in [0.717, 1.165) is 53.5 Å². The van der Waals surface area contributed by atoms with Gasteiger partial charge in [-0.3, -0.25) is 9.69 Å². The van der Waals surface area contributed by atoms with Gasteiger partial charge in [-0.15, -0.1) is 11.3 Å². The zero-order valence-corrected chi connectivity index (χ0v) is 16.4. The molecule has 1 aliphatic rings. The number of piperazine rings is 1. The summed E-state index contributed by atoms with van der Waals surface area (Å²) >= 11 is 5.20. The van der Waals surface area contributed by atoms with Gasteiger partial charge >= 0.3 is 0 Å². The Labute approximate surface area is 155 Å². The number of rotatable bonds is 4. The highest BCUT2D eigenvalue weighted by Gasteiger charge is 2.23. The van der Waals surface area contributed by atoms with Crippen molar-refractivity contribution < 1.29 is 4.79 Å². The maximum absolute atomic E-state index is 12.0. The Kier molecular flexibility index (Phi) is 5.69. The van der Waals surface area contributed by atoms with Gasteiger partial charge in [0, 0.05) is 54.1 Å². The molecule has 0 aliphatic carbocycles. The summed E-state index contributed by atoms with van der Waals surface area (Å²) in [7, 11) is 0. The molecule has 4 nitrogen and oxygen atoms in total. The Bertz CT molecular complexity index is 708. The van der Waals surface area contributed by atoms with Crippen LogP contribution in [0.4, 0.5) is 0 Å². The molecule has 1 saturated heterocycles. The maximum atomic E-state index is 12.0. The van der Waals surface area contributed by atoms with Crippen LogP contribution < -0.4 is 0 Å². The first-order valence-electron chi connectivity index (χ1n) is 8.24. The molecule has 0 saturated carbocycles. The standard InChI is InChI=1S/C18H22BrN3OS/c1-13(2)18(23)22-8-6-21(7-9-22)11-16-12-24-17(20-16)14-4-3-5-15(19)10-14/h3-5,10,12-13H,6-9,11H2,1-2H3. The van der Waals surface area contributed by atoms with Gasteiger partial charge in [-0.05, 0) is 12.1 Å². The summed E-state index contributed by atoms with van der Waals surface area (Å²) in [5.74, 6) is 0.350. The fraction of sp³-hybridized carbons (Fsp3) is 0.444. The Morgan fingerprint density at radius 3 is 2.71 bits per heavy atom. The van der Waals surface area contributed by atoms with Crippen molar-refractivity contribution in [2.75, 3.05) is 26.2 Å². The van der Waals surface area contributed by atoms with E-state index in [4.69, 9.17) is 4.98 Å². The second kappa shape index (κ2) is 7.76. The van der Waals surface area contributed by atoms with Crippen molar-refractivity contribution in [2.45, 2.75) is 20.4 Å². The molecular formula is C18H22BrN3OS. The molecular weight excluding hydrogens is 386 g/mol. The van der Waals surface area contributed by atoms with Crippen LogP contribution in [0.3, 0.4) is 0 Å². The van der Waals surface area contributed by atoms with Crippen LogP contribution in [0.5, 0.6) is 0 Å². The van der Waals surface area contributed by atoms with Crippen LogP contribution in [0.25, 0.3) is 10.6 Å². The number of hydrogen-bond donors (Lipinski definition) is 0. The van der Waals surface area contributed by atoms with Crippen LogP contribution >= 0.6 is 27.3 Å². The first-order chi connectivity index (χ1) is 11.5. The molecule has 3 rings (SSSR count). The van der Waals surface area contributed by atoms with E-state index in [1.807, 2.05) is 30.9 Å². The number of nitrogens with zero attached hydrogens (tertiary/aromatic N) is 3. The smallest absolute Gasteiger partial charge is 0.225 e. The van der Waals surface area contributed by atoms with Gasteiger partial charge in [-0.25, -0.2) is 4.98 Å². The zero-order chi connectivity index (χ0) is 17.1. The number of carbonyl (C=O) groups excluding carboxylic acids is 1. The zero-order valence-electron chi connectivity index (χ0n) is 14.0. The first kappa shape index (κ1) is 17.6. The summed E-state index contributed by atoms with van der Waals surface area (Å²) in [4.78, 5) is 21.2. The first-order valence-corrected chi connectivity index (χ1v) is 9.91. The molecule has 0 N–H and O–H groups in total. The van der Waals surface area contributed by atoms with E-state index in [1.54, 1.807) is 11.3 Å². The maximum Gasteiger partial charge on any atom is 0.225 e. The number of carbonyl (C=O) groups is 1. The van der Waals surface area contributed by atoms with Crippen molar-refractivity contribution in [1.29, 1.82) is 0 Å². The number of amides is 1. The number of halogens is 1. The monoisotopic (exact) mass is 407 g/mol. The van der Waals surface area contributed by atoms with Crippen LogP contribution in [0.2, 0.25) is 0 Å². The lowest BCUT2D eigenvalue weighted by Gasteiger charge is -2.35. The third-order valence-electron chi connectivity index (χ3n) is 4.19. The molecule has 6 heteroatoms. The molecule has 0 spiro atoms. The summed E-state index contributed by atoms with van der Waals surface area (Å²) in [5, 5.41) is 3.20. The van der Waals surface area contributed by atoms with Gasteiger partial charge in [0.2, 0.25) is 5.91 Å². The van der Waals surface area contributed by atoms with Crippen LogP contribution in [-0.2, 0) is 11.3 Å². The number of aromatic nitrogens is 1. The van der Waals surface area contributed by atoms with Crippen molar-refractivity contribution in [3.05, 3.63) is 39.8 Å². The van der Waals surface area contributed by atoms with E-state index in [0.29, 0.717) is 0 Å². The molecule has 1 amide bonds. The number of hydrogen-bond acceptors (Lipinski definition) is 4. The molecule has 1 aromatic carbocycles. The van der Waals surface area contributed by atoms with E-state index in [1.165, 1.54) is 0 Å². The Morgan fingerprint density at radius 1 is 1.29 bits per heavy atom. The normalized spacial score (nSPS) is 15.9. The third kappa shape index (κ3) is 4.23. The van der Waals surface area contributed by atoms with Crippen molar-refractivity contribution in [2.24, 2.45) is 5.92 Å². The minimum atomic E-state index is 0.0860. The minimum Gasteiger partial charge on any atom is -0.340 e. The van der Waals surface area contributed by atoms with Gasteiger partial charge in [0.1, 0.15) is 5.01 Å². The molecule has 0 radical (unpaired) electrons. The second-order valence-electron chi connectivity index (χ2n) is 6.41. The van der Waals surface area contributed by atoms with E-state index in [-0.39, 0.29) is 11.8 Å². The molecule has 128 valence electrons. The molecule has 2 heterocycles. The van der Waals surface area contributed by atoms with Crippen molar-refractivity contribution in [3.8, 4) is 10.6 Å². The van der Waals surface area contributed by atoms with Gasteiger partial charge in [0.25, 0.3) is 0 Å². The van der Waals surface area contributed by atoms with E-state index in [9.17, 15) is 4.79 Å². The lowest BCUT2D eigenvalue weighted by molar-refractivity contribution is -0.136. The average molecular weight is 408 g/mol. The van der Waals surface area contributed by atoms with E-state index in [2.05, 4.69) is 38.3 Å². The van der Waals surface area contributed by atoms with Gasteiger partial charge in [0.15, 0.2) is 0 Å². The van der Waals surface area contributed by atoms with E-state index >= 15 is 0 Å². The molecule has 1 fully saturated rings. The SMILES string of the molecule is CC(C)C(=O)N1CCN(Cc2csc(-c3cccc(Br)c3)n2)CC1. The third-order valence-corrected chi connectivity index (χ3v) is 5.62. The van der Waals surface area contributed by atoms with Crippen molar-refractivity contribution in [1.82, 2.24) is 14.8 Å². The Morgan fingerprint density at radius 2 is 2.04 bits per heavy atom. The molecule has 0 atom stereocenters. The molecule has 0 bridgehead atoms. The van der Waals surface area contributed by atoms with Crippen LogP contribution in [0, 0.1) is 5.92 Å². The van der Waals surface area contributed by atoms with Crippen LogP contribution in [0.1, 0.15) is 19.5 Å². The second-order valence-corrected chi connectivity index (χ2v) is 8.18. The molecule has 0 unspecified atom stereocenters. The summed E-state index contributed by atoms with van der Waals surface area (Å²) in [6, 6.07) is 8.24. The van der Waals surface area contributed by atoms with Gasteiger partial charge in [0.05, 0.1) is 5.69 Å². The molecule has 24 heavy (non-hydrogen) atoms. The predicted octanol–water partition coefficient (Wildman–Crippen LogP) is 3.87. The lowest BCUT2D eigenvalue weighted by atomic mass is 10.1. The topological polar surface area (TPSA) is 36.4 Å². The molecule has 2 aromatic rings. The molecule has 1 aliphatic heterocycles. The average Bonchev–Trinajstić information content (AvgIpc) is 3.03. The highest BCUT2D eigenvalue weighted by atomic mass is 79.9. The quantitative estimate of drug-likeness (QED) is 0.771. The summed E-state index contributed by atoms with van der Waals surface area (Å²) < 4.78 is 1.07. The number of thiazole rings is 1. The van der Waals surface area contributed by atoms with E-state index < -0.39 is 0 Å². The highest BCUT2D eigenvalue weighted by Crippen LogP contribution is 2.26. The summed E-state index contributed by atoms with van der Waals surface area (Å²) in [6.45, 7) is 8.26. The van der Waals surface area contributed by atoms with Crippen molar-refractivity contribution in [3.63, 3.8) is 0 Å². The fourth-order valence-corrected chi connectivity index (χ4v) is 4.06. The fourth-order valence-electron chi connectivity index (χ4n) is 2.85. The Balaban J connectivity index is 1.57. The summed E-state index contributed by atoms with van der Waals surface area (Å²) in [5.41, 5.74) is 2.26. The Hall–Kier alpha value is -1.24. The number of benzene rings is 1. The van der Waals surface area contributed by atoms with Gasteiger partial charge in [-0.2, -0.15) is 0 Å².